The zero-order valence-electron chi connectivity index (χ0n) is 11.8. The molecular formula is C16H20ClNO3. The summed E-state index contributed by atoms with van der Waals surface area (Å²) < 4.78 is 0. The summed E-state index contributed by atoms with van der Waals surface area (Å²) in [5, 5.41) is 17.3. The first kappa shape index (κ1) is 19.1. The van der Waals surface area contributed by atoms with E-state index in [4.69, 9.17) is 10.2 Å². The highest BCUT2D eigenvalue weighted by molar-refractivity contribution is 5.85. The van der Waals surface area contributed by atoms with E-state index in [1.54, 1.807) is 12.3 Å². The second-order valence-electron chi connectivity index (χ2n) is 4.19. The smallest absolute Gasteiger partial charge is 0.310 e. The first-order valence-electron chi connectivity index (χ1n) is 6.47. The standard InChI is InChI=1S/C10H12O2.C6H7NO.ClH/c1-2-9(10(11)12)8-6-4-3-5-7-8;8-5-6-3-1-2-4-7-6;/h3-7,9H,2H2,1H3,(H,11,12);1-4,8H,5H2;1H. The summed E-state index contributed by atoms with van der Waals surface area (Å²) in [7, 11) is 0. The molecule has 4 nitrogen and oxygen atoms in total. The number of carboxylic acid groups (broad SMARTS) is 1. The van der Waals surface area contributed by atoms with Crippen LogP contribution in [0.1, 0.15) is 30.5 Å². The van der Waals surface area contributed by atoms with E-state index in [2.05, 4.69) is 4.98 Å². The van der Waals surface area contributed by atoms with Gasteiger partial charge in [-0.05, 0) is 24.1 Å². The summed E-state index contributed by atoms with van der Waals surface area (Å²) >= 11 is 0. The van der Waals surface area contributed by atoms with Crippen molar-refractivity contribution in [2.75, 3.05) is 0 Å². The molecule has 21 heavy (non-hydrogen) atoms. The molecule has 0 amide bonds. The van der Waals surface area contributed by atoms with Crippen LogP contribution in [0.5, 0.6) is 0 Å². The molecular weight excluding hydrogens is 290 g/mol. The summed E-state index contributed by atoms with van der Waals surface area (Å²) in [5.74, 6) is -1.10. The Kier molecular flexibility index (Phi) is 9.84. The van der Waals surface area contributed by atoms with Crippen LogP contribution in [0.25, 0.3) is 0 Å². The molecule has 1 aromatic heterocycles. The van der Waals surface area contributed by atoms with Crippen molar-refractivity contribution in [3.05, 3.63) is 66.0 Å². The molecule has 0 radical (unpaired) electrons. The van der Waals surface area contributed by atoms with Crippen LogP contribution in [0, 0.1) is 0 Å². The number of aliphatic hydroxyl groups excluding tert-OH is 1. The Balaban J connectivity index is 0.000000390. The highest BCUT2D eigenvalue weighted by atomic mass is 35.5. The van der Waals surface area contributed by atoms with E-state index in [0.717, 1.165) is 5.56 Å². The predicted octanol–water partition coefficient (Wildman–Crippen LogP) is 3.26. The molecule has 2 N–H and O–H groups in total. The number of rotatable bonds is 4. The molecule has 0 aliphatic rings. The number of hydrogen-bond donors (Lipinski definition) is 2. The van der Waals surface area contributed by atoms with Gasteiger partial charge in [0.1, 0.15) is 0 Å². The van der Waals surface area contributed by atoms with Crippen LogP contribution in [-0.2, 0) is 11.4 Å². The summed E-state index contributed by atoms with van der Waals surface area (Å²) in [4.78, 5) is 14.6. The third-order valence-corrected chi connectivity index (χ3v) is 2.80. The van der Waals surface area contributed by atoms with Crippen LogP contribution in [0.3, 0.4) is 0 Å². The Morgan fingerprint density at radius 3 is 2.14 bits per heavy atom. The first-order valence-corrected chi connectivity index (χ1v) is 6.47. The maximum absolute atomic E-state index is 10.7. The minimum Gasteiger partial charge on any atom is -0.481 e. The van der Waals surface area contributed by atoms with Crippen LogP contribution in [0.4, 0.5) is 0 Å². The highest BCUT2D eigenvalue weighted by Crippen LogP contribution is 2.18. The van der Waals surface area contributed by atoms with E-state index in [1.807, 2.05) is 49.4 Å². The molecule has 1 heterocycles. The van der Waals surface area contributed by atoms with Crippen molar-refractivity contribution in [1.82, 2.24) is 4.98 Å². The Labute approximate surface area is 130 Å². The quantitative estimate of drug-likeness (QED) is 0.909. The van der Waals surface area contributed by atoms with Crippen molar-refractivity contribution in [3.8, 4) is 0 Å². The molecule has 0 aliphatic carbocycles. The topological polar surface area (TPSA) is 70.4 Å². The molecule has 1 aromatic carbocycles. The molecule has 114 valence electrons. The molecule has 2 rings (SSSR count). The largest absolute Gasteiger partial charge is 0.481 e. The van der Waals surface area contributed by atoms with Crippen molar-refractivity contribution in [2.45, 2.75) is 25.9 Å². The number of nitrogens with zero attached hydrogens (tertiary/aromatic N) is 1. The van der Waals surface area contributed by atoms with Gasteiger partial charge in [-0.15, -0.1) is 12.4 Å². The number of aliphatic hydroxyl groups is 1. The second-order valence-corrected chi connectivity index (χ2v) is 4.19. The monoisotopic (exact) mass is 309 g/mol. The first-order chi connectivity index (χ1) is 9.69. The fourth-order valence-electron chi connectivity index (χ4n) is 1.73. The van der Waals surface area contributed by atoms with Gasteiger partial charge in [-0.2, -0.15) is 0 Å². The highest BCUT2D eigenvalue weighted by Gasteiger charge is 2.16. The van der Waals surface area contributed by atoms with Gasteiger partial charge in [0.15, 0.2) is 0 Å². The van der Waals surface area contributed by atoms with Crippen molar-refractivity contribution in [1.29, 1.82) is 0 Å². The molecule has 1 atom stereocenters. The molecule has 0 bridgehead atoms. The number of pyridine rings is 1. The number of aromatic nitrogens is 1. The van der Waals surface area contributed by atoms with Crippen LogP contribution in [0.15, 0.2) is 54.7 Å². The minimum atomic E-state index is -0.747. The lowest BCUT2D eigenvalue weighted by Gasteiger charge is -2.08. The SMILES string of the molecule is CCC(C(=O)O)c1ccccc1.Cl.OCc1ccccn1. The average molecular weight is 310 g/mol. The van der Waals surface area contributed by atoms with E-state index in [0.29, 0.717) is 12.1 Å². The molecule has 0 saturated heterocycles. The number of hydrogen-bond acceptors (Lipinski definition) is 3. The van der Waals surface area contributed by atoms with Crippen LogP contribution in [-0.4, -0.2) is 21.2 Å². The summed E-state index contributed by atoms with van der Waals surface area (Å²) in [5.41, 5.74) is 1.60. The fraction of sp³-hybridized carbons (Fsp3) is 0.250. The Bertz CT molecular complexity index is 505. The minimum absolute atomic E-state index is 0. The molecule has 0 fully saturated rings. The number of carbonyl (C=O) groups is 1. The summed E-state index contributed by atoms with van der Waals surface area (Å²) in [6, 6.07) is 14.8. The molecule has 0 aliphatic heterocycles. The lowest BCUT2D eigenvalue weighted by molar-refractivity contribution is -0.138. The number of benzene rings is 1. The van der Waals surface area contributed by atoms with Gasteiger partial charge in [0, 0.05) is 6.20 Å². The summed E-state index contributed by atoms with van der Waals surface area (Å²) in [6.45, 7) is 1.91. The van der Waals surface area contributed by atoms with Gasteiger partial charge in [-0.3, -0.25) is 9.78 Å². The zero-order chi connectivity index (χ0) is 14.8. The van der Waals surface area contributed by atoms with Crippen LogP contribution < -0.4 is 0 Å². The van der Waals surface area contributed by atoms with Crippen molar-refractivity contribution in [3.63, 3.8) is 0 Å². The van der Waals surface area contributed by atoms with E-state index >= 15 is 0 Å². The fourth-order valence-corrected chi connectivity index (χ4v) is 1.73. The normalized spacial score (nSPS) is 10.6. The predicted molar refractivity (Wildman–Crippen MR) is 84.5 cm³/mol. The molecule has 2 aromatic rings. The molecule has 0 spiro atoms. The van der Waals surface area contributed by atoms with E-state index in [-0.39, 0.29) is 24.9 Å². The maximum atomic E-state index is 10.7. The van der Waals surface area contributed by atoms with Crippen LogP contribution >= 0.6 is 12.4 Å². The second kappa shape index (κ2) is 10.8. The van der Waals surface area contributed by atoms with Crippen molar-refractivity contribution in [2.24, 2.45) is 0 Å². The average Bonchev–Trinajstić information content (AvgIpc) is 2.50. The Hall–Kier alpha value is -1.91. The van der Waals surface area contributed by atoms with Crippen LogP contribution in [0.2, 0.25) is 0 Å². The third-order valence-electron chi connectivity index (χ3n) is 2.80. The van der Waals surface area contributed by atoms with Gasteiger partial charge < -0.3 is 10.2 Å². The van der Waals surface area contributed by atoms with E-state index in [9.17, 15) is 4.79 Å². The zero-order valence-corrected chi connectivity index (χ0v) is 12.7. The van der Waals surface area contributed by atoms with Gasteiger partial charge in [0.25, 0.3) is 0 Å². The number of aliphatic carboxylic acids is 1. The Morgan fingerprint density at radius 1 is 1.14 bits per heavy atom. The Morgan fingerprint density at radius 2 is 1.76 bits per heavy atom. The van der Waals surface area contributed by atoms with Crippen molar-refractivity contribution >= 4 is 18.4 Å². The lowest BCUT2D eigenvalue weighted by Crippen LogP contribution is -2.09. The number of carboxylic acids is 1. The van der Waals surface area contributed by atoms with Gasteiger partial charge in [-0.1, -0.05) is 43.3 Å². The third kappa shape index (κ3) is 6.88. The van der Waals surface area contributed by atoms with Gasteiger partial charge in [0.05, 0.1) is 18.2 Å². The molecule has 1 unspecified atom stereocenters. The molecule has 5 heteroatoms. The summed E-state index contributed by atoms with van der Waals surface area (Å²) in [6.07, 6.45) is 2.30. The van der Waals surface area contributed by atoms with Gasteiger partial charge in [-0.25, -0.2) is 0 Å². The van der Waals surface area contributed by atoms with E-state index in [1.165, 1.54) is 0 Å². The van der Waals surface area contributed by atoms with E-state index < -0.39 is 5.97 Å². The number of halogens is 1. The lowest BCUT2D eigenvalue weighted by atomic mass is 9.97. The molecule has 0 saturated carbocycles. The van der Waals surface area contributed by atoms with Gasteiger partial charge >= 0.3 is 5.97 Å². The van der Waals surface area contributed by atoms with Gasteiger partial charge in [0.2, 0.25) is 0 Å². The van der Waals surface area contributed by atoms with Crippen molar-refractivity contribution < 1.29 is 15.0 Å². The maximum Gasteiger partial charge on any atom is 0.310 e.